The molecule has 1 saturated heterocycles. The molecule has 5 rings (SSSR count). The minimum atomic E-state index is 0.179. The van der Waals surface area contributed by atoms with Gasteiger partial charge in [0.05, 0.1) is 6.54 Å². The summed E-state index contributed by atoms with van der Waals surface area (Å²) < 4.78 is 0. The van der Waals surface area contributed by atoms with Gasteiger partial charge < -0.3 is 4.90 Å². The van der Waals surface area contributed by atoms with Crippen LogP contribution < -0.4 is 0 Å². The molecule has 0 spiro atoms. The molecule has 0 aromatic heterocycles. The molecular formula is C31H43N3O. The molecule has 2 fully saturated rings. The zero-order valence-electron chi connectivity index (χ0n) is 22.1. The Bertz CT molecular complexity index is 1010. The van der Waals surface area contributed by atoms with Crippen molar-refractivity contribution in [3.05, 3.63) is 59.2 Å². The minimum Gasteiger partial charge on any atom is -0.339 e. The van der Waals surface area contributed by atoms with Crippen LogP contribution in [0.15, 0.2) is 42.5 Å². The Hall–Kier alpha value is -2.17. The molecule has 2 aromatic carbocycles. The lowest BCUT2D eigenvalue weighted by atomic mass is 9.86. The van der Waals surface area contributed by atoms with Crippen molar-refractivity contribution in [3.63, 3.8) is 0 Å². The van der Waals surface area contributed by atoms with Gasteiger partial charge in [0.15, 0.2) is 0 Å². The molecular weight excluding hydrogens is 430 g/mol. The van der Waals surface area contributed by atoms with E-state index < -0.39 is 0 Å². The van der Waals surface area contributed by atoms with E-state index in [0.717, 1.165) is 51.7 Å². The summed E-state index contributed by atoms with van der Waals surface area (Å²) in [5.41, 5.74) is 6.94. The lowest BCUT2D eigenvalue weighted by molar-refractivity contribution is -0.134. The Morgan fingerprint density at radius 3 is 2.20 bits per heavy atom. The van der Waals surface area contributed by atoms with Crippen molar-refractivity contribution in [2.45, 2.75) is 77.3 Å². The first kappa shape index (κ1) is 24.5. The number of rotatable bonds is 4. The molecule has 0 radical (unpaired) electrons. The molecule has 0 N–H and O–H groups in total. The first-order valence-electron chi connectivity index (χ1n) is 13.8. The average molecular weight is 474 g/mol. The Labute approximate surface area is 212 Å². The van der Waals surface area contributed by atoms with E-state index in [0.29, 0.717) is 12.5 Å². The first-order chi connectivity index (χ1) is 16.9. The summed E-state index contributed by atoms with van der Waals surface area (Å²) in [5.74, 6) is 0.312. The highest BCUT2D eigenvalue weighted by atomic mass is 16.2. The number of hydrogen-bond acceptors (Lipinski definition) is 3. The topological polar surface area (TPSA) is 26.8 Å². The Balaban J connectivity index is 1.15. The number of piperazine rings is 1. The van der Waals surface area contributed by atoms with Crippen LogP contribution in [-0.2, 0) is 23.2 Å². The quantitative estimate of drug-likeness (QED) is 0.588. The molecule has 3 aliphatic rings. The van der Waals surface area contributed by atoms with Gasteiger partial charge in [-0.2, -0.15) is 0 Å². The van der Waals surface area contributed by atoms with Crippen molar-refractivity contribution < 1.29 is 4.79 Å². The number of fused-ring (bicyclic) bond motifs is 1. The summed E-state index contributed by atoms with van der Waals surface area (Å²) in [5, 5.41) is 0. The number of nitrogens with zero attached hydrogens (tertiary/aromatic N) is 3. The van der Waals surface area contributed by atoms with Gasteiger partial charge in [-0.05, 0) is 52.5 Å². The second-order valence-electron chi connectivity index (χ2n) is 12.0. The van der Waals surface area contributed by atoms with Crippen LogP contribution in [-0.4, -0.2) is 65.9 Å². The van der Waals surface area contributed by atoms with Crippen molar-refractivity contribution >= 4 is 5.91 Å². The van der Waals surface area contributed by atoms with E-state index in [4.69, 9.17) is 0 Å². The van der Waals surface area contributed by atoms with Crippen LogP contribution in [0, 0.1) is 0 Å². The molecule has 1 amide bonds. The van der Waals surface area contributed by atoms with E-state index in [1.807, 2.05) is 0 Å². The predicted octanol–water partition coefficient (Wildman–Crippen LogP) is 5.49. The molecule has 2 aromatic rings. The highest BCUT2D eigenvalue weighted by Gasteiger charge is 2.28. The standard InChI is InChI=1S/C31H43N3O/c1-31(2,3)28-13-11-24(12-14-28)25-9-10-27-22-32(16-15-26(27)21-25)23-30(35)34-19-17-33(18-20-34)29-7-5-4-6-8-29/h9-14,21,29H,4-8,15-20,22-23H2,1-3H3. The summed E-state index contributed by atoms with van der Waals surface area (Å²) in [7, 11) is 0. The fourth-order valence-electron chi connectivity index (χ4n) is 6.16. The van der Waals surface area contributed by atoms with Gasteiger partial charge in [0.1, 0.15) is 0 Å². The van der Waals surface area contributed by atoms with Gasteiger partial charge >= 0.3 is 0 Å². The summed E-state index contributed by atoms with van der Waals surface area (Å²) in [4.78, 5) is 20.2. The van der Waals surface area contributed by atoms with Crippen LogP contribution in [0.2, 0.25) is 0 Å². The van der Waals surface area contributed by atoms with Crippen LogP contribution in [0.1, 0.15) is 69.6 Å². The van der Waals surface area contributed by atoms with Crippen LogP contribution in [0.25, 0.3) is 11.1 Å². The summed E-state index contributed by atoms with van der Waals surface area (Å²) >= 11 is 0. The summed E-state index contributed by atoms with van der Waals surface area (Å²) in [6, 6.07) is 16.7. The molecule has 2 aliphatic heterocycles. The molecule has 0 atom stereocenters. The van der Waals surface area contributed by atoms with E-state index in [9.17, 15) is 4.79 Å². The van der Waals surface area contributed by atoms with Gasteiger partial charge in [-0.15, -0.1) is 0 Å². The molecule has 2 heterocycles. The van der Waals surface area contributed by atoms with E-state index in [1.54, 1.807) is 0 Å². The summed E-state index contributed by atoms with van der Waals surface area (Å²) in [6.07, 6.45) is 7.89. The Morgan fingerprint density at radius 2 is 1.51 bits per heavy atom. The molecule has 4 heteroatoms. The van der Waals surface area contributed by atoms with Gasteiger partial charge in [-0.1, -0.05) is 82.5 Å². The lowest BCUT2D eigenvalue weighted by Gasteiger charge is -2.41. The third kappa shape index (κ3) is 5.81. The predicted molar refractivity (Wildman–Crippen MR) is 145 cm³/mol. The monoisotopic (exact) mass is 473 g/mol. The highest BCUT2D eigenvalue weighted by molar-refractivity contribution is 5.78. The van der Waals surface area contributed by atoms with Crippen LogP contribution in [0.4, 0.5) is 0 Å². The van der Waals surface area contributed by atoms with Crippen LogP contribution >= 0.6 is 0 Å². The van der Waals surface area contributed by atoms with Crippen LogP contribution in [0.3, 0.4) is 0 Å². The molecule has 0 unspecified atom stereocenters. The van der Waals surface area contributed by atoms with Gasteiger partial charge in [0, 0.05) is 45.3 Å². The van der Waals surface area contributed by atoms with Gasteiger partial charge in [-0.3, -0.25) is 14.6 Å². The maximum Gasteiger partial charge on any atom is 0.236 e. The van der Waals surface area contributed by atoms with Gasteiger partial charge in [0.2, 0.25) is 5.91 Å². The lowest BCUT2D eigenvalue weighted by Crippen LogP contribution is -2.54. The molecule has 4 nitrogen and oxygen atoms in total. The second kappa shape index (κ2) is 10.4. The van der Waals surface area contributed by atoms with Gasteiger partial charge in [-0.25, -0.2) is 0 Å². The van der Waals surface area contributed by atoms with E-state index >= 15 is 0 Å². The van der Waals surface area contributed by atoms with Crippen LogP contribution in [0.5, 0.6) is 0 Å². The van der Waals surface area contributed by atoms with Crippen molar-refractivity contribution in [3.8, 4) is 11.1 Å². The minimum absolute atomic E-state index is 0.179. The summed E-state index contributed by atoms with van der Waals surface area (Å²) in [6.45, 7) is 13.1. The molecule has 0 bridgehead atoms. The number of amides is 1. The average Bonchev–Trinajstić information content (AvgIpc) is 2.88. The normalized spacial score (nSPS) is 20.6. The number of hydrogen-bond donors (Lipinski definition) is 0. The van der Waals surface area contributed by atoms with Crippen molar-refractivity contribution in [2.24, 2.45) is 0 Å². The maximum atomic E-state index is 13.1. The fourth-order valence-corrected chi connectivity index (χ4v) is 6.16. The number of carbonyl (C=O) groups excluding carboxylic acids is 1. The molecule has 188 valence electrons. The van der Waals surface area contributed by atoms with Gasteiger partial charge in [0.25, 0.3) is 0 Å². The third-order valence-electron chi connectivity index (χ3n) is 8.50. The van der Waals surface area contributed by atoms with Crippen molar-refractivity contribution in [2.75, 3.05) is 39.3 Å². The fraction of sp³-hybridized carbons (Fsp3) is 0.581. The van der Waals surface area contributed by atoms with E-state index in [-0.39, 0.29) is 5.41 Å². The highest BCUT2D eigenvalue weighted by Crippen LogP contribution is 2.29. The smallest absolute Gasteiger partial charge is 0.236 e. The second-order valence-corrected chi connectivity index (χ2v) is 12.0. The van der Waals surface area contributed by atoms with E-state index in [2.05, 4.69) is 77.9 Å². The van der Waals surface area contributed by atoms with E-state index in [1.165, 1.54) is 59.9 Å². The number of carbonyl (C=O) groups is 1. The van der Waals surface area contributed by atoms with Crippen molar-refractivity contribution in [1.29, 1.82) is 0 Å². The Morgan fingerprint density at radius 1 is 0.829 bits per heavy atom. The first-order valence-corrected chi connectivity index (χ1v) is 13.8. The Kier molecular flexibility index (Phi) is 7.31. The molecule has 35 heavy (non-hydrogen) atoms. The SMILES string of the molecule is CC(C)(C)c1ccc(-c2ccc3c(c2)CCN(CC(=O)N2CCN(C4CCCCC4)CC2)C3)cc1. The molecule has 1 aliphatic carbocycles. The maximum absolute atomic E-state index is 13.1. The largest absolute Gasteiger partial charge is 0.339 e. The third-order valence-corrected chi connectivity index (χ3v) is 8.50. The molecule has 1 saturated carbocycles. The zero-order valence-corrected chi connectivity index (χ0v) is 22.1. The number of benzene rings is 2. The zero-order chi connectivity index (χ0) is 24.4. The van der Waals surface area contributed by atoms with Crippen molar-refractivity contribution in [1.82, 2.24) is 14.7 Å².